The first-order valence-corrected chi connectivity index (χ1v) is 12.7. The van der Waals surface area contributed by atoms with Crippen molar-refractivity contribution >= 4 is 40.6 Å². The maximum Gasteiger partial charge on any atom is 0.293 e. The zero-order valence-electron chi connectivity index (χ0n) is 20.9. The Labute approximate surface area is 220 Å². The van der Waals surface area contributed by atoms with Crippen molar-refractivity contribution in [1.82, 2.24) is 4.90 Å². The molecule has 1 aliphatic heterocycles. The molecule has 7 nitrogen and oxygen atoms in total. The lowest BCUT2D eigenvalue weighted by Gasteiger charge is -2.13. The van der Waals surface area contributed by atoms with Gasteiger partial charge >= 0.3 is 0 Å². The van der Waals surface area contributed by atoms with Crippen LogP contribution in [0.4, 0.5) is 10.5 Å². The standard InChI is InChI=1S/C29H28N2O5S/c1-19-8-12-24(13-9-19)35-15-14-31-28(33)26(37-29(31)34)17-22-6-4-5-7-25(22)36-18-27(32)30-23-11-10-20(2)21(3)16-23/h4-13,16-17H,14-15,18H2,1-3H3,(H,30,32)/b26-17-. The first kappa shape index (κ1) is 26.0. The van der Waals surface area contributed by atoms with Gasteiger partial charge < -0.3 is 14.8 Å². The van der Waals surface area contributed by atoms with Crippen molar-refractivity contribution in [2.45, 2.75) is 20.8 Å². The number of imide groups is 1. The molecule has 0 aromatic heterocycles. The van der Waals surface area contributed by atoms with Gasteiger partial charge in [0.25, 0.3) is 17.1 Å². The largest absolute Gasteiger partial charge is 0.492 e. The number of nitrogens with one attached hydrogen (secondary N) is 1. The third kappa shape index (κ3) is 6.80. The number of thioether (sulfide) groups is 1. The number of ether oxygens (including phenoxy) is 2. The zero-order valence-corrected chi connectivity index (χ0v) is 21.8. The summed E-state index contributed by atoms with van der Waals surface area (Å²) in [6.45, 7) is 6.12. The van der Waals surface area contributed by atoms with Gasteiger partial charge in [-0.1, -0.05) is 42.0 Å². The Hall–Kier alpha value is -4.04. The number of rotatable bonds is 9. The Morgan fingerprint density at radius 2 is 1.70 bits per heavy atom. The molecule has 1 aliphatic rings. The molecule has 0 unspecified atom stereocenters. The SMILES string of the molecule is Cc1ccc(OCCN2C(=O)S/C(=C\c3ccccc3OCC(=O)Nc3ccc(C)c(C)c3)C2=O)cc1. The van der Waals surface area contributed by atoms with E-state index in [1.54, 1.807) is 30.3 Å². The van der Waals surface area contributed by atoms with Crippen molar-refractivity contribution in [2.24, 2.45) is 0 Å². The van der Waals surface area contributed by atoms with Gasteiger partial charge in [0.05, 0.1) is 11.4 Å². The zero-order chi connectivity index (χ0) is 26.4. The molecule has 8 heteroatoms. The number of para-hydroxylation sites is 1. The monoisotopic (exact) mass is 516 g/mol. The molecule has 4 rings (SSSR count). The topological polar surface area (TPSA) is 84.9 Å². The molecule has 3 amide bonds. The number of aryl methyl sites for hydroxylation is 3. The van der Waals surface area contributed by atoms with Crippen molar-refractivity contribution in [1.29, 1.82) is 0 Å². The van der Waals surface area contributed by atoms with Crippen LogP contribution in [0.15, 0.2) is 71.6 Å². The van der Waals surface area contributed by atoms with E-state index >= 15 is 0 Å². The number of hydrogen-bond donors (Lipinski definition) is 1. The fourth-order valence-electron chi connectivity index (χ4n) is 3.61. The average molecular weight is 517 g/mol. The smallest absolute Gasteiger partial charge is 0.293 e. The van der Waals surface area contributed by atoms with Gasteiger partial charge in [-0.15, -0.1) is 0 Å². The van der Waals surface area contributed by atoms with Gasteiger partial charge in [-0.05, 0) is 80.1 Å². The number of amides is 3. The molecular weight excluding hydrogens is 488 g/mol. The van der Waals surface area contributed by atoms with Crippen LogP contribution in [0.2, 0.25) is 0 Å². The van der Waals surface area contributed by atoms with Gasteiger partial charge in [0, 0.05) is 11.3 Å². The van der Waals surface area contributed by atoms with Crippen molar-refractivity contribution in [3.63, 3.8) is 0 Å². The highest BCUT2D eigenvalue weighted by Gasteiger charge is 2.35. The third-order valence-corrected chi connectivity index (χ3v) is 6.74. The Morgan fingerprint density at radius 1 is 0.946 bits per heavy atom. The van der Waals surface area contributed by atoms with Crippen LogP contribution in [0.5, 0.6) is 11.5 Å². The number of anilines is 1. The Kier molecular flexibility index (Phi) is 8.30. The van der Waals surface area contributed by atoms with Crippen LogP contribution >= 0.6 is 11.8 Å². The maximum atomic E-state index is 12.9. The summed E-state index contributed by atoms with van der Waals surface area (Å²) in [7, 11) is 0. The summed E-state index contributed by atoms with van der Waals surface area (Å²) in [4.78, 5) is 39.3. The second-order valence-corrected chi connectivity index (χ2v) is 9.66. The number of benzene rings is 3. The summed E-state index contributed by atoms with van der Waals surface area (Å²) in [5.74, 6) is 0.435. The van der Waals surface area contributed by atoms with Crippen LogP contribution in [-0.2, 0) is 9.59 Å². The second-order valence-electron chi connectivity index (χ2n) is 8.67. The first-order valence-electron chi connectivity index (χ1n) is 11.8. The quantitative estimate of drug-likeness (QED) is 0.365. The average Bonchev–Trinajstić information content (AvgIpc) is 3.14. The predicted octanol–water partition coefficient (Wildman–Crippen LogP) is 5.74. The first-order chi connectivity index (χ1) is 17.8. The highest BCUT2D eigenvalue weighted by Crippen LogP contribution is 2.34. The van der Waals surface area contributed by atoms with Crippen molar-refractivity contribution in [3.05, 3.63) is 93.9 Å². The van der Waals surface area contributed by atoms with Crippen LogP contribution < -0.4 is 14.8 Å². The molecular formula is C29H28N2O5S. The molecule has 0 atom stereocenters. The summed E-state index contributed by atoms with van der Waals surface area (Å²) in [6.07, 6.45) is 1.61. The van der Waals surface area contributed by atoms with Gasteiger partial charge in [-0.3, -0.25) is 19.3 Å². The normalized spacial score (nSPS) is 14.2. The lowest BCUT2D eigenvalue weighted by Crippen LogP contribution is -2.32. The Balaban J connectivity index is 1.36. The summed E-state index contributed by atoms with van der Waals surface area (Å²) >= 11 is 0.870. The van der Waals surface area contributed by atoms with E-state index in [-0.39, 0.29) is 41.7 Å². The molecule has 1 saturated heterocycles. The second kappa shape index (κ2) is 11.8. The van der Waals surface area contributed by atoms with E-state index in [1.165, 1.54) is 4.90 Å². The molecule has 0 aliphatic carbocycles. The minimum Gasteiger partial charge on any atom is -0.492 e. The third-order valence-electron chi connectivity index (χ3n) is 5.83. The molecule has 1 heterocycles. The van der Waals surface area contributed by atoms with Crippen molar-refractivity contribution in [2.75, 3.05) is 25.1 Å². The Morgan fingerprint density at radius 3 is 2.46 bits per heavy atom. The van der Waals surface area contributed by atoms with Gasteiger partial charge in [0.15, 0.2) is 6.61 Å². The fraction of sp³-hybridized carbons (Fsp3) is 0.207. The van der Waals surface area contributed by atoms with Crippen molar-refractivity contribution in [3.8, 4) is 11.5 Å². The van der Waals surface area contributed by atoms with E-state index in [4.69, 9.17) is 9.47 Å². The summed E-state index contributed by atoms with van der Waals surface area (Å²) in [6, 6.07) is 20.3. The molecule has 37 heavy (non-hydrogen) atoms. The molecule has 3 aromatic carbocycles. The van der Waals surface area contributed by atoms with Crippen LogP contribution in [-0.4, -0.2) is 41.7 Å². The molecule has 1 fully saturated rings. The number of hydrogen-bond acceptors (Lipinski definition) is 6. The van der Waals surface area contributed by atoms with Crippen LogP contribution in [0.3, 0.4) is 0 Å². The van der Waals surface area contributed by atoms with Crippen LogP contribution in [0.1, 0.15) is 22.3 Å². The number of carbonyl (C=O) groups excluding carboxylic acids is 3. The molecule has 0 radical (unpaired) electrons. The fourth-order valence-corrected chi connectivity index (χ4v) is 4.47. The maximum absolute atomic E-state index is 12.9. The number of nitrogens with zero attached hydrogens (tertiary/aromatic N) is 1. The van der Waals surface area contributed by atoms with E-state index in [0.29, 0.717) is 22.7 Å². The van der Waals surface area contributed by atoms with Crippen molar-refractivity contribution < 1.29 is 23.9 Å². The lowest BCUT2D eigenvalue weighted by atomic mass is 10.1. The number of carbonyl (C=O) groups is 3. The van der Waals surface area contributed by atoms with E-state index in [0.717, 1.165) is 28.5 Å². The van der Waals surface area contributed by atoms with Gasteiger partial charge in [0.1, 0.15) is 18.1 Å². The molecule has 1 N–H and O–H groups in total. The Bertz CT molecular complexity index is 1350. The van der Waals surface area contributed by atoms with Gasteiger partial charge in [-0.25, -0.2) is 0 Å². The van der Waals surface area contributed by atoms with E-state index in [2.05, 4.69) is 5.32 Å². The highest BCUT2D eigenvalue weighted by atomic mass is 32.2. The minimum absolute atomic E-state index is 0.146. The molecule has 190 valence electrons. The molecule has 0 bridgehead atoms. The van der Waals surface area contributed by atoms with Crippen LogP contribution in [0.25, 0.3) is 6.08 Å². The highest BCUT2D eigenvalue weighted by molar-refractivity contribution is 8.18. The van der Waals surface area contributed by atoms with Gasteiger partial charge in [0.2, 0.25) is 0 Å². The summed E-state index contributed by atoms with van der Waals surface area (Å²) in [5.41, 5.74) is 4.65. The van der Waals surface area contributed by atoms with E-state index < -0.39 is 0 Å². The summed E-state index contributed by atoms with van der Waals surface area (Å²) in [5, 5.41) is 2.47. The predicted molar refractivity (Wildman–Crippen MR) is 146 cm³/mol. The van der Waals surface area contributed by atoms with E-state index in [9.17, 15) is 14.4 Å². The lowest BCUT2D eigenvalue weighted by molar-refractivity contribution is -0.123. The summed E-state index contributed by atoms with van der Waals surface area (Å²) < 4.78 is 11.4. The molecule has 3 aromatic rings. The van der Waals surface area contributed by atoms with Crippen LogP contribution in [0, 0.1) is 20.8 Å². The van der Waals surface area contributed by atoms with Gasteiger partial charge in [-0.2, -0.15) is 0 Å². The minimum atomic E-state index is -0.384. The van der Waals surface area contributed by atoms with E-state index in [1.807, 2.05) is 63.2 Å². The molecule has 0 saturated carbocycles. The molecule has 0 spiro atoms.